The first kappa shape index (κ1) is 16.6. The summed E-state index contributed by atoms with van der Waals surface area (Å²) in [6, 6.07) is 8.29. The van der Waals surface area contributed by atoms with Gasteiger partial charge >= 0.3 is 0 Å². The van der Waals surface area contributed by atoms with Gasteiger partial charge in [0.15, 0.2) is 15.3 Å². The highest BCUT2D eigenvalue weighted by Crippen LogP contribution is 2.26. The van der Waals surface area contributed by atoms with Gasteiger partial charge in [0.2, 0.25) is 0 Å². The molecule has 1 heterocycles. The third-order valence-corrected chi connectivity index (χ3v) is 6.51. The van der Waals surface area contributed by atoms with Crippen LogP contribution in [0.2, 0.25) is 0 Å². The molecule has 1 aromatic carbocycles. The third-order valence-electron chi connectivity index (χ3n) is 3.65. The SMILES string of the molecule is CCC(C)N(CCC(C)C)S(=O)c1nc2ccccc2s1. The van der Waals surface area contributed by atoms with Crippen molar-refractivity contribution in [3.63, 3.8) is 0 Å². The van der Waals surface area contributed by atoms with Crippen LogP contribution >= 0.6 is 11.3 Å². The molecule has 2 atom stereocenters. The molecule has 0 N–H and O–H groups in total. The van der Waals surface area contributed by atoms with E-state index in [4.69, 9.17) is 0 Å². The molecular weight excluding hydrogens is 300 g/mol. The van der Waals surface area contributed by atoms with Crippen molar-refractivity contribution in [3.8, 4) is 0 Å². The van der Waals surface area contributed by atoms with Gasteiger partial charge in [-0.1, -0.05) is 32.9 Å². The van der Waals surface area contributed by atoms with Crippen molar-refractivity contribution in [2.75, 3.05) is 6.54 Å². The van der Waals surface area contributed by atoms with E-state index in [1.54, 1.807) is 11.3 Å². The molecule has 0 spiro atoms. The fourth-order valence-corrected chi connectivity index (χ4v) is 4.74. The number of rotatable bonds is 7. The second-order valence-electron chi connectivity index (χ2n) is 5.78. The molecule has 116 valence electrons. The van der Waals surface area contributed by atoms with Crippen LogP contribution in [0.25, 0.3) is 10.2 Å². The Balaban J connectivity index is 2.23. The van der Waals surface area contributed by atoms with Crippen molar-refractivity contribution in [3.05, 3.63) is 24.3 Å². The molecule has 2 rings (SSSR count). The number of para-hydroxylation sites is 1. The van der Waals surface area contributed by atoms with Gasteiger partial charge < -0.3 is 0 Å². The Bertz CT molecular complexity index is 576. The lowest BCUT2D eigenvalue weighted by Crippen LogP contribution is -2.35. The van der Waals surface area contributed by atoms with Gasteiger partial charge in [0.05, 0.1) is 10.2 Å². The van der Waals surface area contributed by atoms with E-state index in [1.165, 1.54) is 0 Å². The first-order valence-electron chi connectivity index (χ1n) is 7.57. The lowest BCUT2D eigenvalue weighted by atomic mass is 10.1. The van der Waals surface area contributed by atoms with E-state index in [0.717, 1.165) is 33.9 Å². The molecule has 21 heavy (non-hydrogen) atoms. The molecule has 0 aliphatic heterocycles. The molecular formula is C16H24N2OS2. The zero-order valence-corrected chi connectivity index (χ0v) is 14.8. The van der Waals surface area contributed by atoms with Gasteiger partial charge in [0.25, 0.3) is 0 Å². The highest BCUT2D eigenvalue weighted by molar-refractivity contribution is 7.85. The topological polar surface area (TPSA) is 33.2 Å². The van der Waals surface area contributed by atoms with Crippen LogP contribution in [-0.4, -0.2) is 26.1 Å². The molecule has 0 fully saturated rings. The minimum absolute atomic E-state index is 0.302. The van der Waals surface area contributed by atoms with E-state index < -0.39 is 11.0 Å². The van der Waals surface area contributed by atoms with E-state index in [-0.39, 0.29) is 0 Å². The molecule has 2 unspecified atom stereocenters. The van der Waals surface area contributed by atoms with Crippen LogP contribution in [0.5, 0.6) is 0 Å². The summed E-state index contributed by atoms with van der Waals surface area (Å²) in [6.45, 7) is 9.55. The van der Waals surface area contributed by atoms with Crippen molar-refractivity contribution in [2.45, 2.75) is 50.9 Å². The van der Waals surface area contributed by atoms with Gasteiger partial charge in [0, 0.05) is 12.6 Å². The minimum atomic E-state index is -1.16. The number of nitrogens with zero attached hydrogens (tertiary/aromatic N) is 2. The van der Waals surface area contributed by atoms with Gasteiger partial charge in [-0.3, -0.25) is 0 Å². The lowest BCUT2D eigenvalue weighted by molar-refractivity contribution is 0.327. The summed E-state index contributed by atoms with van der Waals surface area (Å²) in [5.41, 5.74) is 0.943. The van der Waals surface area contributed by atoms with Crippen LogP contribution < -0.4 is 0 Å². The van der Waals surface area contributed by atoms with Crippen LogP contribution in [0.4, 0.5) is 0 Å². The number of benzene rings is 1. The average molecular weight is 325 g/mol. The monoisotopic (exact) mass is 324 g/mol. The quantitative estimate of drug-likeness (QED) is 0.753. The van der Waals surface area contributed by atoms with Crippen molar-refractivity contribution in [1.29, 1.82) is 0 Å². The molecule has 5 heteroatoms. The first-order chi connectivity index (χ1) is 10.0. The fourth-order valence-electron chi connectivity index (χ4n) is 2.08. The number of thiazole rings is 1. The zero-order chi connectivity index (χ0) is 15.4. The van der Waals surface area contributed by atoms with Gasteiger partial charge in [-0.2, -0.15) is 0 Å². The summed E-state index contributed by atoms with van der Waals surface area (Å²) < 4.78 is 16.8. The number of fused-ring (bicyclic) bond motifs is 1. The largest absolute Gasteiger partial charge is 0.235 e. The van der Waals surface area contributed by atoms with Crippen molar-refractivity contribution in [2.24, 2.45) is 5.92 Å². The maximum atomic E-state index is 12.9. The Morgan fingerprint density at radius 1 is 1.29 bits per heavy atom. The summed E-state index contributed by atoms with van der Waals surface area (Å²) >= 11 is 1.54. The molecule has 0 bridgehead atoms. The molecule has 0 amide bonds. The van der Waals surface area contributed by atoms with Crippen molar-refractivity contribution < 1.29 is 4.21 Å². The van der Waals surface area contributed by atoms with Crippen molar-refractivity contribution in [1.82, 2.24) is 9.29 Å². The molecule has 3 nitrogen and oxygen atoms in total. The Morgan fingerprint density at radius 3 is 2.62 bits per heavy atom. The highest BCUT2D eigenvalue weighted by Gasteiger charge is 2.23. The maximum absolute atomic E-state index is 12.9. The van der Waals surface area contributed by atoms with Gasteiger partial charge in [-0.15, -0.1) is 11.3 Å². The Morgan fingerprint density at radius 2 is 2.00 bits per heavy atom. The number of aromatic nitrogens is 1. The number of hydrogen-bond donors (Lipinski definition) is 0. The molecule has 0 saturated heterocycles. The maximum Gasteiger partial charge on any atom is 0.197 e. The number of hydrogen-bond acceptors (Lipinski definition) is 3. The first-order valence-corrected chi connectivity index (χ1v) is 9.49. The van der Waals surface area contributed by atoms with Gasteiger partial charge in [-0.05, 0) is 37.8 Å². The third kappa shape index (κ3) is 4.11. The summed E-state index contributed by atoms with van der Waals surface area (Å²) in [5.74, 6) is 0.615. The molecule has 0 saturated carbocycles. The normalized spacial score (nSPS) is 15.0. The smallest absolute Gasteiger partial charge is 0.197 e. The van der Waals surface area contributed by atoms with Gasteiger partial charge in [-0.25, -0.2) is 13.5 Å². The average Bonchev–Trinajstić information content (AvgIpc) is 2.90. The van der Waals surface area contributed by atoms with E-state index in [2.05, 4.69) is 37.0 Å². The van der Waals surface area contributed by atoms with Crippen molar-refractivity contribution >= 4 is 32.5 Å². The second-order valence-corrected chi connectivity index (χ2v) is 8.42. The Labute approximate surface area is 134 Å². The van der Waals surface area contributed by atoms with Gasteiger partial charge in [0.1, 0.15) is 0 Å². The Kier molecular flexibility index (Phi) is 5.90. The Hall–Kier alpha value is -0.780. The van der Waals surface area contributed by atoms with E-state index in [1.807, 2.05) is 24.3 Å². The summed E-state index contributed by atoms with van der Waals surface area (Å²) in [5, 5.41) is 0. The lowest BCUT2D eigenvalue weighted by Gasteiger charge is -2.26. The van der Waals surface area contributed by atoms with Crippen LogP contribution in [0, 0.1) is 5.92 Å². The summed E-state index contributed by atoms with van der Waals surface area (Å²) in [4.78, 5) is 4.55. The van der Waals surface area contributed by atoms with E-state index >= 15 is 0 Å². The van der Waals surface area contributed by atoms with Crippen LogP contribution in [0.15, 0.2) is 28.6 Å². The fraction of sp³-hybridized carbons (Fsp3) is 0.562. The molecule has 0 aliphatic rings. The predicted octanol–water partition coefficient (Wildman–Crippen LogP) is 4.47. The highest BCUT2D eigenvalue weighted by atomic mass is 32.2. The second kappa shape index (κ2) is 7.47. The molecule has 1 aromatic heterocycles. The van der Waals surface area contributed by atoms with Crippen LogP contribution in [0.3, 0.4) is 0 Å². The standard InChI is InChI=1S/C16H24N2OS2/c1-5-13(4)18(11-10-12(2)3)21(19)16-17-14-8-6-7-9-15(14)20-16/h6-9,12-13H,5,10-11H2,1-4H3. The summed E-state index contributed by atoms with van der Waals surface area (Å²) in [7, 11) is -1.16. The summed E-state index contributed by atoms with van der Waals surface area (Å²) in [6.07, 6.45) is 2.05. The van der Waals surface area contributed by atoms with E-state index in [9.17, 15) is 4.21 Å². The molecule has 0 radical (unpaired) electrons. The van der Waals surface area contributed by atoms with Crippen LogP contribution in [-0.2, 0) is 11.0 Å². The molecule has 2 aromatic rings. The minimum Gasteiger partial charge on any atom is -0.235 e. The predicted molar refractivity (Wildman–Crippen MR) is 91.9 cm³/mol. The molecule has 0 aliphatic carbocycles. The zero-order valence-electron chi connectivity index (χ0n) is 13.2. The van der Waals surface area contributed by atoms with E-state index in [0.29, 0.717) is 12.0 Å². The van der Waals surface area contributed by atoms with Crippen LogP contribution in [0.1, 0.15) is 40.5 Å².